The van der Waals surface area contributed by atoms with E-state index in [4.69, 9.17) is 0 Å². The van der Waals surface area contributed by atoms with Crippen LogP contribution in [0.15, 0.2) is 65.7 Å². The fourth-order valence-corrected chi connectivity index (χ4v) is 2.39. The Morgan fingerprint density at radius 1 is 1.11 bits per heavy atom. The molecule has 0 amide bonds. The Morgan fingerprint density at radius 2 is 1.84 bits per heavy atom. The van der Waals surface area contributed by atoms with Crippen LogP contribution in [0.4, 0.5) is 0 Å². The lowest BCUT2D eigenvalue weighted by atomic mass is 10.1. The first kappa shape index (κ1) is 12.1. The molecule has 0 saturated heterocycles. The summed E-state index contributed by atoms with van der Waals surface area (Å²) in [4.78, 5) is 0. The molecular weight excluding hydrogens is 302 g/mol. The summed E-state index contributed by atoms with van der Waals surface area (Å²) in [5, 5.41) is 8.44. The van der Waals surface area contributed by atoms with Crippen molar-refractivity contribution in [2.75, 3.05) is 0 Å². The van der Waals surface area contributed by atoms with Gasteiger partial charge in [0, 0.05) is 4.47 Å². The molecular formula is C15H12BrN3. The van der Waals surface area contributed by atoms with E-state index in [1.165, 1.54) is 0 Å². The Morgan fingerprint density at radius 3 is 2.58 bits per heavy atom. The highest BCUT2D eigenvalue weighted by Crippen LogP contribution is 2.24. The highest BCUT2D eigenvalue weighted by atomic mass is 79.9. The van der Waals surface area contributed by atoms with Crippen molar-refractivity contribution in [2.45, 2.75) is 6.04 Å². The van der Waals surface area contributed by atoms with Crippen molar-refractivity contribution in [3.05, 3.63) is 71.2 Å². The summed E-state index contributed by atoms with van der Waals surface area (Å²) >= 11 is 3.44. The molecule has 0 fully saturated rings. The van der Waals surface area contributed by atoms with Crippen molar-refractivity contribution in [2.24, 2.45) is 0 Å². The lowest BCUT2D eigenvalue weighted by Gasteiger charge is -2.14. The van der Waals surface area contributed by atoms with Crippen LogP contribution in [0.25, 0.3) is 11.0 Å². The Labute approximate surface area is 119 Å². The fraction of sp³-hybridized carbons (Fsp3) is 0.0667. The van der Waals surface area contributed by atoms with Crippen molar-refractivity contribution in [1.82, 2.24) is 15.0 Å². The van der Waals surface area contributed by atoms with Gasteiger partial charge in [0.1, 0.15) is 5.52 Å². The van der Waals surface area contributed by atoms with E-state index in [9.17, 15) is 0 Å². The topological polar surface area (TPSA) is 30.7 Å². The van der Waals surface area contributed by atoms with Crippen LogP contribution < -0.4 is 0 Å². The van der Waals surface area contributed by atoms with Crippen LogP contribution in [0.2, 0.25) is 0 Å². The average molecular weight is 314 g/mol. The molecule has 0 radical (unpaired) electrons. The lowest BCUT2D eigenvalue weighted by molar-refractivity contribution is 0.604. The van der Waals surface area contributed by atoms with Crippen LogP contribution in [0.3, 0.4) is 0 Å². The van der Waals surface area contributed by atoms with E-state index in [-0.39, 0.29) is 6.04 Å². The van der Waals surface area contributed by atoms with Gasteiger partial charge >= 0.3 is 0 Å². The zero-order chi connectivity index (χ0) is 13.2. The second-order valence-electron chi connectivity index (χ2n) is 4.25. The van der Waals surface area contributed by atoms with Gasteiger partial charge in [-0.15, -0.1) is 11.7 Å². The minimum atomic E-state index is -0.0134. The summed E-state index contributed by atoms with van der Waals surface area (Å²) in [6.07, 6.45) is 1.88. The minimum absolute atomic E-state index is 0.0134. The first-order valence-electron chi connectivity index (χ1n) is 5.97. The van der Waals surface area contributed by atoms with E-state index in [0.29, 0.717) is 0 Å². The molecule has 3 nitrogen and oxygen atoms in total. The second kappa shape index (κ2) is 4.97. The summed E-state index contributed by atoms with van der Waals surface area (Å²) in [7, 11) is 0. The molecule has 3 rings (SSSR count). The van der Waals surface area contributed by atoms with Crippen molar-refractivity contribution in [1.29, 1.82) is 0 Å². The molecule has 94 valence electrons. The van der Waals surface area contributed by atoms with Gasteiger partial charge in [0.15, 0.2) is 0 Å². The van der Waals surface area contributed by atoms with E-state index in [0.717, 1.165) is 21.1 Å². The maximum Gasteiger partial charge on any atom is 0.113 e. The van der Waals surface area contributed by atoms with Gasteiger partial charge in [-0.1, -0.05) is 51.5 Å². The molecule has 0 aliphatic rings. The average Bonchev–Trinajstić information content (AvgIpc) is 2.86. The molecule has 1 aromatic heterocycles. The molecule has 0 spiro atoms. The van der Waals surface area contributed by atoms with E-state index < -0.39 is 0 Å². The highest BCUT2D eigenvalue weighted by Gasteiger charge is 2.14. The van der Waals surface area contributed by atoms with E-state index in [1.807, 2.05) is 47.2 Å². The number of hydrogen-bond donors (Lipinski definition) is 0. The summed E-state index contributed by atoms with van der Waals surface area (Å²) in [5.74, 6) is 0. The predicted octanol–water partition coefficient (Wildman–Crippen LogP) is 3.97. The van der Waals surface area contributed by atoms with E-state index in [1.54, 1.807) is 0 Å². The Bertz CT molecular complexity index is 716. The molecule has 1 unspecified atom stereocenters. The molecule has 19 heavy (non-hydrogen) atoms. The summed E-state index contributed by atoms with van der Waals surface area (Å²) in [6.45, 7) is 3.92. The SMILES string of the molecule is C=CC(c1ccc(Br)cc1)n1nnc2ccccc21. The van der Waals surface area contributed by atoms with Crippen LogP contribution in [0.1, 0.15) is 11.6 Å². The number of aromatic nitrogens is 3. The van der Waals surface area contributed by atoms with Gasteiger partial charge in [0.2, 0.25) is 0 Å². The van der Waals surface area contributed by atoms with Crippen LogP contribution in [-0.4, -0.2) is 15.0 Å². The number of halogens is 1. The molecule has 0 bridgehead atoms. The van der Waals surface area contributed by atoms with Crippen molar-refractivity contribution in [3.8, 4) is 0 Å². The number of nitrogens with zero attached hydrogens (tertiary/aromatic N) is 3. The molecule has 0 N–H and O–H groups in total. The summed E-state index contributed by atoms with van der Waals surface area (Å²) in [5.41, 5.74) is 3.04. The molecule has 1 heterocycles. The van der Waals surface area contributed by atoms with Crippen LogP contribution >= 0.6 is 15.9 Å². The van der Waals surface area contributed by atoms with Crippen LogP contribution in [0.5, 0.6) is 0 Å². The number of benzene rings is 2. The van der Waals surface area contributed by atoms with Crippen molar-refractivity contribution >= 4 is 27.0 Å². The molecule has 0 aliphatic carbocycles. The van der Waals surface area contributed by atoms with Gasteiger partial charge in [-0.2, -0.15) is 0 Å². The first-order chi connectivity index (χ1) is 9.29. The van der Waals surface area contributed by atoms with Gasteiger partial charge in [0.05, 0.1) is 11.6 Å². The third-order valence-corrected chi connectivity index (χ3v) is 3.60. The third kappa shape index (κ3) is 2.19. The molecule has 4 heteroatoms. The quantitative estimate of drug-likeness (QED) is 0.685. The van der Waals surface area contributed by atoms with Gasteiger partial charge in [-0.25, -0.2) is 4.68 Å². The Kier molecular flexibility index (Phi) is 3.17. The standard InChI is InChI=1S/C15H12BrN3/c1-2-14(11-7-9-12(16)10-8-11)19-15-6-4-3-5-13(15)17-18-19/h2-10,14H,1H2. The van der Waals surface area contributed by atoms with Crippen LogP contribution in [0, 0.1) is 0 Å². The van der Waals surface area contributed by atoms with Crippen molar-refractivity contribution in [3.63, 3.8) is 0 Å². The van der Waals surface area contributed by atoms with Crippen LogP contribution in [-0.2, 0) is 0 Å². The summed E-state index contributed by atoms with van der Waals surface area (Å²) in [6, 6.07) is 16.1. The maximum absolute atomic E-state index is 4.25. The monoisotopic (exact) mass is 313 g/mol. The number of para-hydroxylation sites is 1. The Hall–Kier alpha value is -1.94. The first-order valence-corrected chi connectivity index (χ1v) is 6.77. The smallest absolute Gasteiger partial charge is 0.113 e. The molecule has 2 aromatic carbocycles. The van der Waals surface area contributed by atoms with E-state index in [2.05, 4.69) is 45.0 Å². The second-order valence-corrected chi connectivity index (χ2v) is 5.17. The number of allylic oxidation sites excluding steroid dienone is 1. The molecule has 3 aromatic rings. The number of hydrogen-bond acceptors (Lipinski definition) is 2. The van der Waals surface area contributed by atoms with Gasteiger partial charge in [-0.3, -0.25) is 0 Å². The predicted molar refractivity (Wildman–Crippen MR) is 80.0 cm³/mol. The van der Waals surface area contributed by atoms with E-state index >= 15 is 0 Å². The number of fused-ring (bicyclic) bond motifs is 1. The lowest BCUT2D eigenvalue weighted by Crippen LogP contribution is -2.09. The number of rotatable bonds is 3. The molecule has 0 aliphatic heterocycles. The fourth-order valence-electron chi connectivity index (χ4n) is 2.13. The largest absolute Gasteiger partial charge is 0.233 e. The minimum Gasteiger partial charge on any atom is -0.233 e. The zero-order valence-corrected chi connectivity index (χ0v) is 11.8. The maximum atomic E-state index is 4.25. The highest BCUT2D eigenvalue weighted by molar-refractivity contribution is 9.10. The van der Waals surface area contributed by atoms with Gasteiger partial charge < -0.3 is 0 Å². The van der Waals surface area contributed by atoms with Gasteiger partial charge in [0.25, 0.3) is 0 Å². The summed E-state index contributed by atoms with van der Waals surface area (Å²) < 4.78 is 2.95. The van der Waals surface area contributed by atoms with Gasteiger partial charge in [-0.05, 0) is 29.8 Å². The molecule has 0 saturated carbocycles. The Balaban J connectivity index is 2.12. The zero-order valence-electron chi connectivity index (χ0n) is 10.2. The third-order valence-electron chi connectivity index (χ3n) is 3.08. The normalized spacial score (nSPS) is 12.5. The van der Waals surface area contributed by atoms with Crippen molar-refractivity contribution < 1.29 is 0 Å². The molecule has 1 atom stereocenters.